The summed E-state index contributed by atoms with van der Waals surface area (Å²) < 4.78 is 54.1. The van der Waals surface area contributed by atoms with Gasteiger partial charge in [0.2, 0.25) is 0 Å². The normalized spacial score (nSPS) is 19.6. The van der Waals surface area contributed by atoms with Gasteiger partial charge in [0.15, 0.2) is 9.84 Å². The van der Waals surface area contributed by atoms with Crippen LogP contribution in [0.5, 0.6) is 0 Å². The molecule has 0 amide bonds. The molecule has 0 radical (unpaired) electrons. The first-order chi connectivity index (χ1) is 18.3. The Balaban J connectivity index is 1.61. The van der Waals surface area contributed by atoms with Crippen LogP contribution in [-0.2, 0) is 21.1 Å². The molecule has 0 aliphatic heterocycles. The molecule has 7 nitrogen and oxygen atoms in total. The third-order valence-corrected chi connectivity index (χ3v) is 8.26. The summed E-state index contributed by atoms with van der Waals surface area (Å²) in [6.45, 7) is 8.53. The van der Waals surface area contributed by atoms with E-state index in [9.17, 15) is 17.2 Å². The Morgan fingerprint density at radius 1 is 1.05 bits per heavy atom. The van der Waals surface area contributed by atoms with Crippen molar-refractivity contribution < 1.29 is 17.2 Å². The molecule has 1 aromatic carbocycles. The highest BCUT2D eigenvalue weighted by molar-refractivity contribution is 7.89. The van der Waals surface area contributed by atoms with Gasteiger partial charge in [0.25, 0.3) is 0 Å². The van der Waals surface area contributed by atoms with Crippen LogP contribution in [0, 0.1) is 17.0 Å². The van der Waals surface area contributed by atoms with Gasteiger partial charge in [-0.1, -0.05) is 32.9 Å². The van der Waals surface area contributed by atoms with E-state index < -0.39 is 26.9 Å². The zero-order valence-corrected chi connectivity index (χ0v) is 23.4. The van der Waals surface area contributed by atoms with Crippen LogP contribution in [-0.4, -0.2) is 39.6 Å². The summed E-state index contributed by atoms with van der Waals surface area (Å²) in [5.74, 6) is -1.48. The minimum Gasteiger partial charge on any atom is -0.257 e. The van der Waals surface area contributed by atoms with Crippen LogP contribution >= 0.6 is 0 Å². The van der Waals surface area contributed by atoms with Crippen molar-refractivity contribution in [2.45, 2.75) is 57.7 Å². The third-order valence-electron chi connectivity index (χ3n) is 7.53. The topological polar surface area (TPSA) is 90.6 Å². The van der Waals surface area contributed by atoms with Crippen LogP contribution in [0.4, 0.5) is 8.78 Å². The number of pyridine rings is 1. The van der Waals surface area contributed by atoms with Crippen LogP contribution in [0.3, 0.4) is 0 Å². The standard InChI is InChI=1S/C29H31F2N5O2S/c1-28(2,3)20-12-13-29(4,27-19(20)14-24(34-35-27)26-21(30)8-6-9-22(26)31)25-11-7-10-23(33-25)18-15-32-36(16-18)17-39(5,37)38/h6-11,14-16,20H,12-13,17H2,1-5H3/t20-,29+/m0/s1. The van der Waals surface area contributed by atoms with Gasteiger partial charge in [-0.2, -0.15) is 10.2 Å². The molecule has 5 rings (SSSR count). The molecule has 4 aromatic rings. The first kappa shape index (κ1) is 27.1. The van der Waals surface area contributed by atoms with Gasteiger partial charge < -0.3 is 0 Å². The molecule has 0 bridgehead atoms. The van der Waals surface area contributed by atoms with Gasteiger partial charge in [-0.3, -0.25) is 9.67 Å². The molecule has 3 heterocycles. The Morgan fingerprint density at radius 3 is 2.41 bits per heavy atom. The number of nitrogens with zero attached hydrogens (tertiary/aromatic N) is 5. The number of aromatic nitrogens is 5. The molecule has 0 spiro atoms. The molecular weight excluding hydrogens is 520 g/mol. The van der Waals surface area contributed by atoms with E-state index in [1.54, 1.807) is 18.5 Å². The number of hydrogen-bond donors (Lipinski definition) is 0. The van der Waals surface area contributed by atoms with Crippen LogP contribution in [0.1, 0.15) is 63.4 Å². The maximum atomic E-state index is 14.7. The average Bonchev–Trinajstić information content (AvgIpc) is 3.30. The van der Waals surface area contributed by atoms with Crippen molar-refractivity contribution in [1.29, 1.82) is 0 Å². The van der Waals surface area contributed by atoms with E-state index in [2.05, 4.69) is 43.0 Å². The molecule has 0 unspecified atom stereocenters. The zero-order chi connectivity index (χ0) is 28.2. The largest absolute Gasteiger partial charge is 0.257 e. The van der Waals surface area contributed by atoms with Crippen LogP contribution < -0.4 is 0 Å². The fraction of sp³-hybridized carbons (Fsp3) is 0.379. The lowest BCUT2D eigenvalue weighted by Crippen LogP contribution is -2.36. The minimum atomic E-state index is -3.24. The molecule has 204 valence electrons. The lowest BCUT2D eigenvalue weighted by Gasteiger charge is -2.42. The summed E-state index contributed by atoms with van der Waals surface area (Å²) in [6, 6.07) is 11.3. The van der Waals surface area contributed by atoms with Gasteiger partial charge in [-0.05, 0) is 67.0 Å². The van der Waals surface area contributed by atoms with Crippen molar-refractivity contribution in [2.75, 3.05) is 6.26 Å². The van der Waals surface area contributed by atoms with E-state index >= 15 is 0 Å². The second-order valence-electron chi connectivity index (χ2n) is 11.7. The van der Waals surface area contributed by atoms with Crippen molar-refractivity contribution in [3.8, 4) is 22.5 Å². The summed E-state index contributed by atoms with van der Waals surface area (Å²) in [5, 5.41) is 13.1. The molecule has 0 saturated heterocycles. The van der Waals surface area contributed by atoms with Crippen molar-refractivity contribution >= 4 is 9.84 Å². The Bertz CT molecular complexity index is 1640. The number of sulfone groups is 1. The molecule has 3 aromatic heterocycles. The second kappa shape index (κ2) is 9.59. The van der Waals surface area contributed by atoms with Gasteiger partial charge in [-0.25, -0.2) is 17.2 Å². The summed E-state index contributed by atoms with van der Waals surface area (Å²) >= 11 is 0. The first-order valence-electron chi connectivity index (χ1n) is 12.8. The van der Waals surface area contributed by atoms with Crippen LogP contribution in [0.15, 0.2) is 54.9 Å². The zero-order valence-electron chi connectivity index (χ0n) is 22.6. The second-order valence-corrected chi connectivity index (χ2v) is 13.8. The highest BCUT2D eigenvalue weighted by Crippen LogP contribution is 2.51. The Labute approximate surface area is 227 Å². The number of benzene rings is 1. The highest BCUT2D eigenvalue weighted by atomic mass is 32.2. The number of fused-ring (bicyclic) bond motifs is 1. The average molecular weight is 552 g/mol. The molecule has 0 N–H and O–H groups in total. The molecule has 39 heavy (non-hydrogen) atoms. The van der Waals surface area contributed by atoms with Gasteiger partial charge in [-0.15, -0.1) is 5.10 Å². The van der Waals surface area contributed by atoms with Crippen molar-refractivity contribution in [3.63, 3.8) is 0 Å². The first-order valence-corrected chi connectivity index (χ1v) is 14.8. The number of hydrogen-bond acceptors (Lipinski definition) is 6. The fourth-order valence-corrected chi connectivity index (χ4v) is 6.15. The van der Waals surface area contributed by atoms with E-state index in [0.29, 0.717) is 11.3 Å². The monoisotopic (exact) mass is 551 g/mol. The van der Waals surface area contributed by atoms with Crippen molar-refractivity contribution in [1.82, 2.24) is 25.0 Å². The lowest BCUT2D eigenvalue weighted by atomic mass is 9.62. The fourth-order valence-electron chi connectivity index (χ4n) is 5.53. The number of halogens is 2. The predicted molar refractivity (Wildman–Crippen MR) is 146 cm³/mol. The molecular formula is C29H31F2N5O2S. The quantitative estimate of drug-likeness (QED) is 0.306. The lowest BCUT2D eigenvalue weighted by molar-refractivity contribution is 0.257. The van der Waals surface area contributed by atoms with Crippen molar-refractivity contribution in [3.05, 3.63) is 83.4 Å². The smallest absolute Gasteiger partial charge is 0.167 e. The van der Waals surface area contributed by atoms with Gasteiger partial charge in [0.05, 0.1) is 40.0 Å². The summed E-state index contributed by atoms with van der Waals surface area (Å²) in [5.41, 5.74) is 3.06. The Kier molecular flexibility index (Phi) is 6.65. The van der Waals surface area contributed by atoms with E-state index in [1.165, 1.54) is 22.9 Å². The highest BCUT2D eigenvalue weighted by Gasteiger charge is 2.44. The molecule has 1 aliphatic carbocycles. The predicted octanol–water partition coefficient (Wildman–Crippen LogP) is 5.91. The van der Waals surface area contributed by atoms with Gasteiger partial charge in [0.1, 0.15) is 17.5 Å². The maximum Gasteiger partial charge on any atom is 0.167 e. The minimum absolute atomic E-state index is 0.0991. The summed E-state index contributed by atoms with van der Waals surface area (Å²) in [6.07, 6.45) is 6.00. The van der Waals surface area contributed by atoms with E-state index in [4.69, 9.17) is 4.98 Å². The SMILES string of the molecule is CC(C)(C)[C@H]1CC[C@](C)(c2cccc(-c3cnn(CS(C)(=O)=O)c3)n2)c2nnc(-c3c(F)cccc3F)cc21. The van der Waals surface area contributed by atoms with Crippen LogP contribution in [0.2, 0.25) is 0 Å². The molecule has 0 saturated carbocycles. The van der Waals surface area contributed by atoms with Crippen LogP contribution in [0.25, 0.3) is 22.5 Å². The van der Waals surface area contributed by atoms with E-state index in [1.807, 2.05) is 18.2 Å². The van der Waals surface area contributed by atoms with Crippen molar-refractivity contribution in [2.24, 2.45) is 5.41 Å². The molecule has 2 atom stereocenters. The van der Waals surface area contributed by atoms with E-state index in [-0.39, 0.29) is 28.5 Å². The molecule has 10 heteroatoms. The summed E-state index contributed by atoms with van der Waals surface area (Å²) in [7, 11) is -3.24. The number of rotatable bonds is 5. The van der Waals surface area contributed by atoms with Gasteiger partial charge in [0, 0.05) is 18.0 Å². The molecule has 0 fully saturated rings. The van der Waals surface area contributed by atoms with E-state index in [0.717, 1.165) is 36.0 Å². The molecule has 1 aliphatic rings. The third kappa shape index (κ3) is 5.22. The maximum absolute atomic E-state index is 14.7. The Morgan fingerprint density at radius 2 is 1.74 bits per heavy atom. The Hall–Kier alpha value is -3.53. The van der Waals surface area contributed by atoms with Gasteiger partial charge >= 0.3 is 0 Å². The summed E-state index contributed by atoms with van der Waals surface area (Å²) in [4.78, 5) is 4.95.